The van der Waals surface area contributed by atoms with E-state index in [-0.39, 0.29) is 13.0 Å². The number of carboxylic acids is 1. The first-order valence-corrected chi connectivity index (χ1v) is 11.2. The number of hydrogen-bond donors (Lipinski definition) is 2. The maximum absolute atomic E-state index is 12.6. The third-order valence-corrected chi connectivity index (χ3v) is 5.77. The zero-order chi connectivity index (χ0) is 24.8. The fourth-order valence-corrected chi connectivity index (χ4v) is 3.90. The Kier molecular flexibility index (Phi) is 7.26. The summed E-state index contributed by atoms with van der Waals surface area (Å²) in [4.78, 5) is 36.6. The summed E-state index contributed by atoms with van der Waals surface area (Å²) in [5, 5.41) is 12.7. The third kappa shape index (κ3) is 5.95. The molecule has 0 fully saturated rings. The van der Waals surface area contributed by atoms with Crippen molar-refractivity contribution in [2.75, 3.05) is 6.61 Å². The second-order valence-electron chi connectivity index (χ2n) is 8.25. The number of benzene rings is 3. The molecule has 1 atom stereocenters. The molecule has 0 aliphatic rings. The smallest absolute Gasteiger partial charge is 0.340 e. The molecule has 0 radical (unpaired) electrons. The average molecular weight is 472 g/mol. The molecule has 7 nitrogen and oxygen atoms in total. The molecule has 4 rings (SSSR count). The number of nitrogens with one attached hydrogen (secondary N) is 1. The van der Waals surface area contributed by atoms with Crippen LogP contribution in [0.15, 0.2) is 88.1 Å². The van der Waals surface area contributed by atoms with Gasteiger partial charge >= 0.3 is 11.6 Å². The number of carbonyl (C=O) groups excluding carboxylic acids is 1. The molecule has 0 aliphatic heterocycles. The summed E-state index contributed by atoms with van der Waals surface area (Å²) in [6.45, 7) is 1.50. The molecule has 35 heavy (non-hydrogen) atoms. The monoisotopic (exact) mass is 471 g/mol. The topological polar surface area (TPSA) is 106 Å². The van der Waals surface area contributed by atoms with Crippen molar-refractivity contribution in [1.82, 2.24) is 5.32 Å². The summed E-state index contributed by atoms with van der Waals surface area (Å²) in [7, 11) is 0. The molecule has 1 heterocycles. The largest absolute Gasteiger partial charge is 0.484 e. The Labute approximate surface area is 202 Å². The van der Waals surface area contributed by atoms with E-state index in [1.165, 1.54) is 0 Å². The van der Waals surface area contributed by atoms with Gasteiger partial charge in [-0.2, -0.15) is 0 Å². The third-order valence-electron chi connectivity index (χ3n) is 5.77. The van der Waals surface area contributed by atoms with E-state index in [2.05, 4.69) is 5.32 Å². The maximum atomic E-state index is 12.6. The molecule has 0 spiro atoms. The van der Waals surface area contributed by atoms with Crippen molar-refractivity contribution < 1.29 is 23.8 Å². The van der Waals surface area contributed by atoms with Gasteiger partial charge in [-0.1, -0.05) is 60.7 Å². The lowest BCUT2D eigenvalue weighted by Crippen LogP contribution is -2.44. The van der Waals surface area contributed by atoms with E-state index in [9.17, 15) is 19.5 Å². The maximum Gasteiger partial charge on any atom is 0.340 e. The predicted molar refractivity (Wildman–Crippen MR) is 132 cm³/mol. The number of amides is 1. The summed E-state index contributed by atoms with van der Waals surface area (Å²) in [5.41, 5.74) is 3.17. The molecule has 0 aliphatic carbocycles. The minimum absolute atomic E-state index is 0.160. The quantitative estimate of drug-likeness (QED) is 0.359. The molecule has 0 saturated carbocycles. The minimum Gasteiger partial charge on any atom is -0.484 e. The van der Waals surface area contributed by atoms with Crippen molar-refractivity contribution in [3.8, 4) is 5.75 Å². The summed E-state index contributed by atoms with van der Waals surface area (Å²) < 4.78 is 11.1. The van der Waals surface area contributed by atoms with E-state index >= 15 is 0 Å². The first kappa shape index (κ1) is 23.8. The Morgan fingerprint density at radius 2 is 1.63 bits per heavy atom. The number of carbonyl (C=O) groups is 2. The van der Waals surface area contributed by atoms with Gasteiger partial charge in [0.15, 0.2) is 6.61 Å². The lowest BCUT2D eigenvalue weighted by atomic mass is 10.00. The summed E-state index contributed by atoms with van der Waals surface area (Å²) in [5.74, 6) is -1.36. The van der Waals surface area contributed by atoms with E-state index in [0.717, 1.165) is 22.1 Å². The van der Waals surface area contributed by atoms with Crippen molar-refractivity contribution in [1.29, 1.82) is 0 Å². The first-order chi connectivity index (χ1) is 16.9. The van der Waals surface area contributed by atoms with Gasteiger partial charge in [0.25, 0.3) is 5.91 Å². The Balaban J connectivity index is 1.43. The van der Waals surface area contributed by atoms with Crippen LogP contribution in [0.3, 0.4) is 0 Å². The van der Waals surface area contributed by atoms with Gasteiger partial charge < -0.3 is 19.6 Å². The van der Waals surface area contributed by atoms with Gasteiger partial charge in [0, 0.05) is 29.9 Å². The zero-order valence-electron chi connectivity index (χ0n) is 19.2. The number of rotatable bonds is 9. The number of hydrogen-bond acceptors (Lipinski definition) is 5. The van der Waals surface area contributed by atoms with Crippen LogP contribution in [0.4, 0.5) is 0 Å². The average Bonchev–Trinajstić information content (AvgIpc) is 2.86. The highest BCUT2D eigenvalue weighted by Crippen LogP contribution is 2.25. The second-order valence-corrected chi connectivity index (χ2v) is 8.25. The SMILES string of the molecule is Cc1c(Cc2ccccc2)c(=O)oc2cc(OCC(=O)N[C@@H](Cc3ccccc3)C(=O)O)ccc12. The molecule has 2 N–H and O–H groups in total. The van der Waals surface area contributed by atoms with Crippen LogP contribution in [0.2, 0.25) is 0 Å². The molecule has 7 heteroatoms. The molecule has 3 aromatic carbocycles. The lowest BCUT2D eigenvalue weighted by Gasteiger charge is -2.15. The van der Waals surface area contributed by atoms with E-state index in [1.54, 1.807) is 30.3 Å². The zero-order valence-corrected chi connectivity index (χ0v) is 19.2. The van der Waals surface area contributed by atoms with Crippen LogP contribution in [0, 0.1) is 6.92 Å². The number of fused-ring (bicyclic) bond motifs is 1. The molecule has 1 aromatic heterocycles. The summed E-state index contributed by atoms with van der Waals surface area (Å²) in [6.07, 6.45) is 0.630. The van der Waals surface area contributed by atoms with Gasteiger partial charge in [-0.25, -0.2) is 9.59 Å². The molecular weight excluding hydrogens is 446 g/mol. The van der Waals surface area contributed by atoms with E-state index in [0.29, 0.717) is 23.3 Å². The number of aliphatic carboxylic acids is 1. The van der Waals surface area contributed by atoms with Gasteiger partial charge in [0.1, 0.15) is 17.4 Å². The van der Waals surface area contributed by atoms with Crippen LogP contribution >= 0.6 is 0 Å². The van der Waals surface area contributed by atoms with Crippen LogP contribution in [0.1, 0.15) is 22.3 Å². The van der Waals surface area contributed by atoms with E-state index in [1.807, 2.05) is 55.5 Å². The van der Waals surface area contributed by atoms with Crippen molar-refractivity contribution in [3.63, 3.8) is 0 Å². The Hall–Kier alpha value is -4.39. The number of carboxylic acid groups (broad SMARTS) is 1. The first-order valence-electron chi connectivity index (χ1n) is 11.2. The molecular formula is C28H25NO6. The normalized spacial score (nSPS) is 11.7. The molecule has 1 amide bonds. The van der Waals surface area contributed by atoms with Gasteiger partial charge in [-0.05, 0) is 35.7 Å². The Morgan fingerprint density at radius 1 is 0.971 bits per heavy atom. The van der Waals surface area contributed by atoms with Gasteiger partial charge in [-0.15, -0.1) is 0 Å². The summed E-state index contributed by atoms with van der Waals surface area (Å²) in [6, 6.07) is 22.7. The molecule has 178 valence electrons. The number of aryl methyl sites for hydroxylation is 1. The van der Waals surface area contributed by atoms with Crippen LogP contribution < -0.4 is 15.7 Å². The van der Waals surface area contributed by atoms with E-state index < -0.39 is 23.5 Å². The second kappa shape index (κ2) is 10.7. The fraction of sp³-hybridized carbons (Fsp3) is 0.179. The van der Waals surface area contributed by atoms with Crippen molar-refractivity contribution in [2.45, 2.75) is 25.8 Å². The van der Waals surface area contributed by atoms with Crippen molar-refractivity contribution >= 4 is 22.8 Å². The van der Waals surface area contributed by atoms with Crippen LogP contribution in [-0.4, -0.2) is 29.6 Å². The highest BCUT2D eigenvalue weighted by molar-refractivity contribution is 5.85. The molecule has 0 saturated heterocycles. The fourth-order valence-electron chi connectivity index (χ4n) is 3.90. The van der Waals surface area contributed by atoms with Crippen molar-refractivity contribution in [2.24, 2.45) is 0 Å². The predicted octanol–water partition coefficient (Wildman–Crippen LogP) is 3.88. The minimum atomic E-state index is -1.13. The van der Waals surface area contributed by atoms with Gasteiger partial charge in [0.05, 0.1) is 0 Å². The van der Waals surface area contributed by atoms with Gasteiger partial charge in [0.2, 0.25) is 0 Å². The van der Waals surface area contributed by atoms with Crippen LogP contribution in [0.5, 0.6) is 5.75 Å². The Morgan fingerprint density at radius 3 is 2.29 bits per heavy atom. The van der Waals surface area contributed by atoms with Crippen LogP contribution in [0.25, 0.3) is 11.0 Å². The van der Waals surface area contributed by atoms with Crippen LogP contribution in [-0.2, 0) is 22.4 Å². The standard InChI is InChI=1S/C28H25NO6/c1-18-22-13-12-21(16-25(22)35-28(33)23(18)14-19-8-4-2-5-9-19)34-17-26(30)29-24(27(31)32)15-20-10-6-3-7-11-20/h2-13,16,24H,14-15,17H2,1H3,(H,29,30)(H,31,32)/t24-/m0/s1. The molecule has 0 unspecified atom stereocenters. The highest BCUT2D eigenvalue weighted by Gasteiger charge is 2.21. The highest BCUT2D eigenvalue weighted by atomic mass is 16.5. The van der Waals surface area contributed by atoms with E-state index in [4.69, 9.17) is 9.15 Å². The van der Waals surface area contributed by atoms with Gasteiger partial charge in [-0.3, -0.25) is 4.79 Å². The molecule has 0 bridgehead atoms. The van der Waals surface area contributed by atoms with Crippen molar-refractivity contribution in [3.05, 3.63) is 112 Å². The Bertz CT molecular complexity index is 1400. The lowest BCUT2D eigenvalue weighted by molar-refractivity contribution is -0.142. The molecule has 4 aromatic rings. The number of ether oxygens (including phenoxy) is 1. The summed E-state index contributed by atoms with van der Waals surface area (Å²) >= 11 is 0.